The van der Waals surface area contributed by atoms with Gasteiger partial charge >= 0.3 is 6.09 Å². The first-order valence-corrected chi connectivity index (χ1v) is 7.65. The highest BCUT2D eigenvalue weighted by Gasteiger charge is 2.42. The molecule has 1 aromatic rings. The van der Waals surface area contributed by atoms with Crippen molar-refractivity contribution in [3.63, 3.8) is 0 Å². The van der Waals surface area contributed by atoms with Crippen molar-refractivity contribution in [1.82, 2.24) is 10.0 Å². The SMILES string of the molecule is CC1CC(=O)N(C(=O)OC(C)(C)C)N1Cc1ccccc1[N+](=O)[O-]. The van der Waals surface area contributed by atoms with Gasteiger partial charge in [-0.05, 0) is 27.7 Å². The van der Waals surface area contributed by atoms with Crippen molar-refractivity contribution >= 4 is 17.7 Å². The number of carbonyl (C=O) groups is 2. The average Bonchev–Trinajstić information content (AvgIpc) is 2.71. The number of nitrogens with zero attached hydrogens (tertiary/aromatic N) is 3. The number of hydrazine groups is 1. The third-order valence-electron chi connectivity index (χ3n) is 3.56. The zero-order chi connectivity index (χ0) is 18.1. The third kappa shape index (κ3) is 3.88. The summed E-state index contributed by atoms with van der Waals surface area (Å²) in [6.45, 7) is 6.99. The van der Waals surface area contributed by atoms with Gasteiger partial charge in [-0.3, -0.25) is 14.9 Å². The molecule has 8 nitrogen and oxygen atoms in total. The van der Waals surface area contributed by atoms with E-state index in [4.69, 9.17) is 4.74 Å². The van der Waals surface area contributed by atoms with Crippen LogP contribution in [0.5, 0.6) is 0 Å². The molecule has 130 valence electrons. The third-order valence-corrected chi connectivity index (χ3v) is 3.56. The van der Waals surface area contributed by atoms with Crippen LogP contribution in [0.1, 0.15) is 39.7 Å². The Morgan fingerprint density at radius 3 is 2.58 bits per heavy atom. The Morgan fingerprint density at radius 1 is 1.38 bits per heavy atom. The number of hydrogen-bond acceptors (Lipinski definition) is 6. The van der Waals surface area contributed by atoms with E-state index in [1.807, 2.05) is 0 Å². The second-order valence-corrected chi connectivity index (χ2v) is 6.72. The molecule has 1 saturated heterocycles. The van der Waals surface area contributed by atoms with Crippen molar-refractivity contribution in [3.05, 3.63) is 39.9 Å². The molecule has 0 aromatic heterocycles. The minimum absolute atomic E-state index is 0.0480. The maximum Gasteiger partial charge on any atom is 0.432 e. The lowest BCUT2D eigenvalue weighted by Crippen LogP contribution is -2.47. The number of nitro benzene ring substituents is 1. The summed E-state index contributed by atoms with van der Waals surface area (Å²) >= 11 is 0. The summed E-state index contributed by atoms with van der Waals surface area (Å²) in [5.41, 5.74) is -0.362. The molecule has 0 radical (unpaired) electrons. The number of hydrogen-bond donors (Lipinski definition) is 0. The summed E-state index contributed by atoms with van der Waals surface area (Å²) in [4.78, 5) is 35.2. The molecule has 1 fully saturated rings. The Bertz CT molecular complexity index is 668. The van der Waals surface area contributed by atoms with Crippen LogP contribution >= 0.6 is 0 Å². The van der Waals surface area contributed by atoms with Crippen LogP contribution in [0, 0.1) is 10.1 Å². The standard InChI is InChI=1S/C16H21N3O5/c1-11-9-14(20)18(15(21)24-16(2,3)4)17(11)10-12-7-5-6-8-13(12)19(22)23/h5-8,11H,9-10H2,1-4H3. The van der Waals surface area contributed by atoms with Gasteiger partial charge < -0.3 is 4.74 Å². The topological polar surface area (TPSA) is 93.0 Å². The normalized spacial score (nSPS) is 18.8. The molecule has 24 heavy (non-hydrogen) atoms. The van der Waals surface area contributed by atoms with Gasteiger partial charge in [-0.2, -0.15) is 5.01 Å². The van der Waals surface area contributed by atoms with Crippen LogP contribution in [-0.2, 0) is 16.1 Å². The summed E-state index contributed by atoms with van der Waals surface area (Å²) in [5.74, 6) is -0.379. The molecular weight excluding hydrogens is 314 g/mol. The summed E-state index contributed by atoms with van der Waals surface area (Å²) in [7, 11) is 0. The fraction of sp³-hybridized carbons (Fsp3) is 0.500. The quantitative estimate of drug-likeness (QED) is 0.623. The van der Waals surface area contributed by atoms with Gasteiger partial charge in [0, 0.05) is 24.1 Å². The summed E-state index contributed by atoms with van der Waals surface area (Å²) in [6.07, 6.45) is -0.615. The predicted octanol–water partition coefficient (Wildman–Crippen LogP) is 2.87. The predicted molar refractivity (Wildman–Crippen MR) is 85.8 cm³/mol. The van der Waals surface area contributed by atoms with Crippen LogP contribution in [0.15, 0.2) is 24.3 Å². The molecule has 1 heterocycles. The maximum atomic E-state index is 12.3. The zero-order valence-electron chi connectivity index (χ0n) is 14.2. The minimum atomic E-state index is -0.768. The van der Waals surface area contributed by atoms with Crippen molar-refractivity contribution in [3.8, 4) is 0 Å². The first-order chi connectivity index (χ1) is 11.1. The van der Waals surface area contributed by atoms with Gasteiger partial charge in [0.25, 0.3) is 5.69 Å². The Labute approximate surface area is 140 Å². The van der Waals surface area contributed by atoms with Gasteiger partial charge in [0.05, 0.1) is 11.5 Å². The fourth-order valence-corrected chi connectivity index (χ4v) is 2.52. The number of amides is 2. The van der Waals surface area contributed by atoms with Crippen molar-refractivity contribution in [2.24, 2.45) is 0 Å². The van der Waals surface area contributed by atoms with Crippen molar-refractivity contribution < 1.29 is 19.2 Å². The van der Waals surface area contributed by atoms with Gasteiger partial charge in [0.1, 0.15) is 5.60 Å². The first-order valence-electron chi connectivity index (χ1n) is 7.65. The highest BCUT2D eigenvalue weighted by molar-refractivity contribution is 5.93. The van der Waals surface area contributed by atoms with Crippen molar-refractivity contribution in [1.29, 1.82) is 0 Å². The highest BCUT2D eigenvalue weighted by atomic mass is 16.6. The van der Waals surface area contributed by atoms with E-state index in [0.717, 1.165) is 5.01 Å². The van der Waals surface area contributed by atoms with E-state index in [9.17, 15) is 19.7 Å². The molecular formula is C16H21N3O5. The van der Waals surface area contributed by atoms with Gasteiger partial charge in [-0.15, -0.1) is 0 Å². The van der Waals surface area contributed by atoms with Gasteiger partial charge in [-0.25, -0.2) is 9.80 Å². The number of carbonyl (C=O) groups excluding carboxylic acids is 2. The fourth-order valence-electron chi connectivity index (χ4n) is 2.52. The lowest BCUT2D eigenvalue weighted by atomic mass is 10.1. The lowest BCUT2D eigenvalue weighted by Gasteiger charge is -2.30. The van der Waals surface area contributed by atoms with Crippen LogP contribution in [0.3, 0.4) is 0 Å². The van der Waals surface area contributed by atoms with E-state index in [1.165, 1.54) is 11.1 Å². The monoisotopic (exact) mass is 335 g/mol. The molecule has 8 heteroatoms. The first kappa shape index (κ1) is 17.9. The Hall–Kier alpha value is -2.48. The number of ether oxygens (including phenoxy) is 1. The number of rotatable bonds is 3. The molecule has 2 amide bonds. The minimum Gasteiger partial charge on any atom is -0.442 e. The van der Waals surface area contributed by atoms with E-state index in [-0.39, 0.29) is 30.6 Å². The number of nitro groups is 1. The van der Waals surface area contributed by atoms with Crippen LogP contribution in [0.25, 0.3) is 0 Å². The van der Waals surface area contributed by atoms with E-state index in [0.29, 0.717) is 5.56 Å². The van der Waals surface area contributed by atoms with E-state index in [2.05, 4.69) is 0 Å². The maximum absolute atomic E-state index is 12.3. The summed E-state index contributed by atoms with van der Waals surface area (Å²) in [6, 6.07) is 6.01. The van der Waals surface area contributed by atoms with E-state index in [1.54, 1.807) is 45.9 Å². The molecule has 1 atom stereocenters. The molecule has 0 spiro atoms. The van der Waals surface area contributed by atoms with Crippen molar-refractivity contribution in [2.75, 3.05) is 0 Å². The van der Waals surface area contributed by atoms with Gasteiger partial charge in [0.15, 0.2) is 0 Å². The van der Waals surface area contributed by atoms with Crippen LogP contribution in [0.2, 0.25) is 0 Å². The molecule has 0 saturated carbocycles. The Kier molecular flexibility index (Phi) is 4.88. The second kappa shape index (κ2) is 6.56. The zero-order valence-corrected chi connectivity index (χ0v) is 14.2. The molecule has 1 aromatic carbocycles. The number of benzene rings is 1. The molecule has 0 bridgehead atoms. The highest BCUT2D eigenvalue weighted by Crippen LogP contribution is 2.27. The van der Waals surface area contributed by atoms with E-state index >= 15 is 0 Å². The summed E-state index contributed by atoms with van der Waals surface area (Å²) < 4.78 is 5.28. The second-order valence-electron chi connectivity index (χ2n) is 6.72. The number of para-hydroxylation sites is 1. The number of imide groups is 1. The van der Waals surface area contributed by atoms with Gasteiger partial charge in [-0.1, -0.05) is 18.2 Å². The van der Waals surface area contributed by atoms with E-state index < -0.39 is 16.6 Å². The smallest absolute Gasteiger partial charge is 0.432 e. The van der Waals surface area contributed by atoms with Crippen LogP contribution in [-0.4, -0.2) is 38.6 Å². The molecule has 1 unspecified atom stereocenters. The Balaban J connectivity index is 2.28. The largest absolute Gasteiger partial charge is 0.442 e. The summed E-state index contributed by atoms with van der Waals surface area (Å²) in [5, 5.41) is 13.6. The van der Waals surface area contributed by atoms with Crippen molar-refractivity contribution in [2.45, 2.75) is 52.3 Å². The molecule has 0 N–H and O–H groups in total. The molecule has 2 rings (SSSR count). The average molecular weight is 335 g/mol. The van der Waals surface area contributed by atoms with Crippen LogP contribution < -0.4 is 0 Å². The van der Waals surface area contributed by atoms with Gasteiger partial charge in [0.2, 0.25) is 5.91 Å². The molecule has 1 aliphatic rings. The lowest BCUT2D eigenvalue weighted by molar-refractivity contribution is -0.385. The molecule has 0 aliphatic carbocycles. The Morgan fingerprint density at radius 2 is 2.00 bits per heavy atom. The van der Waals surface area contributed by atoms with Crippen LogP contribution in [0.4, 0.5) is 10.5 Å². The molecule has 1 aliphatic heterocycles.